The van der Waals surface area contributed by atoms with Crippen LogP contribution in [0.5, 0.6) is 5.75 Å². The number of hydrogen-bond acceptors (Lipinski definition) is 4. The number of fused-ring (bicyclic) bond motifs is 2. The van der Waals surface area contributed by atoms with Crippen molar-refractivity contribution in [3.8, 4) is 5.75 Å². The van der Waals surface area contributed by atoms with Crippen molar-refractivity contribution in [2.75, 3.05) is 0 Å². The third kappa shape index (κ3) is 3.83. The first kappa shape index (κ1) is 20.4. The second-order valence-corrected chi connectivity index (χ2v) is 8.55. The summed E-state index contributed by atoms with van der Waals surface area (Å²) in [6.07, 6.45) is -3.79. The van der Waals surface area contributed by atoms with Crippen LogP contribution in [-0.2, 0) is 23.8 Å². The molecule has 0 N–H and O–H groups in total. The van der Waals surface area contributed by atoms with Crippen LogP contribution in [0.25, 0.3) is 10.1 Å². The number of thiophene rings is 1. The van der Waals surface area contributed by atoms with E-state index in [9.17, 15) is 18.0 Å². The molecular formula is C20H14Cl2F3NO2S. The molecule has 4 rings (SSSR count). The van der Waals surface area contributed by atoms with Crippen LogP contribution in [0.2, 0.25) is 10.0 Å². The van der Waals surface area contributed by atoms with Crippen LogP contribution in [0.4, 0.5) is 13.2 Å². The minimum Gasteiger partial charge on any atom is -0.484 e. The molecule has 1 aliphatic rings. The summed E-state index contributed by atoms with van der Waals surface area (Å²) in [5.74, 6) is 0.378. The number of halogens is 5. The second kappa shape index (κ2) is 7.45. The smallest absolute Gasteiger partial charge is 0.433 e. The van der Waals surface area contributed by atoms with Gasteiger partial charge in [-0.05, 0) is 36.8 Å². The van der Waals surface area contributed by atoms with Gasteiger partial charge in [-0.15, -0.1) is 11.3 Å². The lowest BCUT2D eigenvalue weighted by Crippen LogP contribution is -2.10. The maximum Gasteiger partial charge on any atom is 0.433 e. The highest BCUT2D eigenvalue weighted by Gasteiger charge is 2.35. The quantitative estimate of drug-likeness (QED) is 0.429. The predicted octanol–water partition coefficient (Wildman–Crippen LogP) is 6.82. The predicted molar refractivity (Wildman–Crippen MR) is 107 cm³/mol. The van der Waals surface area contributed by atoms with E-state index in [0.717, 1.165) is 17.0 Å². The molecule has 2 heterocycles. The van der Waals surface area contributed by atoms with Gasteiger partial charge >= 0.3 is 6.18 Å². The highest BCUT2D eigenvalue weighted by Crippen LogP contribution is 2.45. The van der Waals surface area contributed by atoms with Crippen LogP contribution in [0.15, 0.2) is 23.6 Å². The van der Waals surface area contributed by atoms with E-state index in [0.29, 0.717) is 44.6 Å². The molecule has 0 amide bonds. The zero-order chi connectivity index (χ0) is 20.9. The molecule has 1 unspecified atom stereocenters. The normalized spacial score (nSPS) is 16.3. The van der Waals surface area contributed by atoms with E-state index in [1.54, 1.807) is 6.07 Å². The van der Waals surface area contributed by atoms with Crippen molar-refractivity contribution in [1.82, 2.24) is 4.98 Å². The van der Waals surface area contributed by atoms with E-state index in [2.05, 4.69) is 4.98 Å². The first-order valence-corrected chi connectivity index (χ1v) is 10.4. The molecule has 0 saturated carbocycles. The third-order valence-corrected chi connectivity index (χ3v) is 6.61. The standard InChI is InChI=1S/C20H14Cl2F3NO2S/c1-9(27)6-10-8-29-19-17(10)12(21)7-15(18(19)22)28-14-4-3-13-11(14)2-5-16(26-13)20(23,24)25/h2,5,7-8,14H,3-4,6H2,1H3. The Kier molecular flexibility index (Phi) is 5.25. The van der Waals surface area contributed by atoms with E-state index in [1.165, 1.54) is 24.3 Å². The number of carbonyl (C=O) groups is 1. The Bertz CT molecular complexity index is 1130. The average Bonchev–Trinajstić information content (AvgIpc) is 3.22. The summed E-state index contributed by atoms with van der Waals surface area (Å²) < 4.78 is 45.4. The second-order valence-electron chi connectivity index (χ2n) is 6.89. The molecule has 1 aliphatic carbocycles. The number of aromatic nitrogens is 1. The lowest BCUT2D eigenvalue weighted by Gasteiger charge is -2.17. The maximum absolute atomic E-state index is 12.9. The Balaban J connectivity index is 1.67. The van der Waals surface area contributed by atoms with Gasteiger partial charge in [0.25, 0.3) is 0 Å². The summed E-state index contributed by atoms with van der Waals surface area (Å²) in [4.78, 5) is 15.2. The summed E-state index contributed by atoms with van der Waals surface area (Å²) in [6, 6.07) is 3.97. The number of hydrogen-bond donors (Lipinski definition) is 0. The van der Waals surface area contributed by atoms with Crippen LogP contribution in [0.1, 0.15) is 42.0 Å². The summed E-state index contributed by atoms with van der Waals surface area (Å²) in [5, 5.41) is 3.37. The minimum atomic E-state index is -4.48. The number of benzene rings is 1. The molecule has 9 heteroatoms. The van der Waals surface area contributed by atoms with Crippen LogP contribution < -0.4 is 4.74 Å². The molecule has 0 saturated heterocycles. The zero-order valence-corrected chi connectivity index (χ0v) is 17.4. The van der Waals surface area contributed by atoms with Crippen molar-refractivity contribution in [1.29, 1.82) is 0 Å². The van der Waals surface area contributed by atoms with Gasteiger partial charge in [0.15, 0.2) is 0 Å². The van der Waals surface area contributed by atoms with E-state index in [-0.39, 0.29) is 12.2 Å². The lowest BCUT2D eigenvalue weighted by molar-refractivity contribution is -0.141. The Labute approximate surface area is 178 Å². The molecule has 29 heavy (non-hydrogen) atoms. The lowest BCUT2D eigenvalue weighted by atomic mass is 10.1. The van der Waals surface area contributed by atoms with Gasteiger partial charge in [0, 0.05) is 29.1 Å². The fourth-order valence-electron chi connectivity index (χ4n) is 3.53. The Morgan fingerprint density at radius 3 is 2.79 bits per heavy atom. The molecule has 0 aliphatic heterocycles. The fourth-order valence-corrected chi connectivity index (χ4v) is 5.25. The van der Waals surface area contributed by atoms with Crippen LogP contribution in [0.3, 0.4) is 0 Å². The number of ether oxygens (including phenoxy) is 1. The van der Waals surface area contributed by atoms with Crippen LogP contribution >= 0.6 is 34.5 Å². The SMILES string of the molecule is CC(=O)Cc1csc2c(Cl)c(OC3CCc4nc(C(F)(F)F)ccc43)cc(Cl)c12. The minimum absolute atomic E-state index is 0.0190. The number of rotatable bonds is 4. The Morgan fingerprint density at radius 2 is 2.10 bits per heavy atom. The van der Waals surface area contributed by atoms with Gasteiger partial charge in [-0.25, -0.2) is 4.98 Å². The van der Waals surface area contributed by atoms with Crippen LogP contribution in [0, 0.1) is 0 Å². The van der Waals surface area contributed by atoms with Crippen LogP contribution in [-0.4, -0.2) is 10.8 Å². The van der Waals surface area contributed by atoms with Crippen molar-refractivity contribution >= 4 is 50.4 Å². The van der Waals surface area contributed by atoms with Gasteiger partial charge in [0.1, 0.15) is 28.4 Å². The van der Waals surface area contributed by atoms with Gasteiger partial charge in [-0.3, -0.25) is 4.79 Å². The monoisotopic (exact) mass is 459 g/mol. The van der Waals surface area contributed by atoms with Gasteiger partial charge in [-0.1, -0.05) is 29.3 Å². The molecular weight excluding hydrogens is 446 g/mol. The van der Waals surface area contributed by atoms with E-state index < -0.39 is 18.0 Å². The number of nitrogens with zero attached hydrogens (tertiary/aromatic N) is 1. The van der Waals surface area contributed by atoms with E-state index >= 15 is 0 Å². The Morgan fingerprint density at radius 1 is 1.34 bits per heavy atom. The molecule has 2 aromatic heterocycles. The summed E-state index contributed by atoms with van der Waals surface area (Å²) in [6.45, 7) is 1.51. The van der Waals surface area contributed by atoms with Gasteiger partial charge in [0.05, 0.1) is 9.72 Å². The molecule has 1 aromatic carbocycles. The molecule has 0 fully saturated rings. The molecule has 0 spiro atoms. The molecule has 0 radical (unpaired) electrons. The van der Waals surface area contributed by atoms with E-state index in [4.69, 9.17) is 27.9 Å². The number of pyridine rings is 1. The fraction of sp³-hybridized carbons (Fsp3) is 0.300. The first-order valence-electron chi connectivity index (χ1n) is 8.76. The van der Waals surface area contributed by atoms with Crippen molar-refractivity contribution in [2.24, 2.45) is 0 Å². The molecule has 152 valence electrons. The third-order valence-electron chi connectivity index (χ3n) is 4.78. The highest BCUT2D eigenvalue weighted by molar-refractivity contribution is 7.18. The largest absolute Gasteiger partial charge is 0.484 e. The zero-order valence-electron chi connectivity index (χ0n) is 15.1. The first-order chi connectivity index (χ1) is 13.6. The van der Waals surface area contributed by atoms with Crippen molar-refractivity contribution in [3.63, 3.8) is 0 Å². The average molecular weight is 460 g/mol. The van der Waals surface area contributed by atoms with E-state index in [1.807, 2.05) is 5.38 Å². The molecule has 3 aromatic rings. The van der Waals surface area contributed by atoms with Gasteiger partial charge in [0.2, 0.25) is 0 Å². The summed E-state index contributed by atoms with van der Waals surface area (Å²) >= 11 is 14.3. The van der Waals surface area contributed by atoms with Crippen molar-refractivity contribution in [2.45, 2.75) is 38.5 Å². The summed E-state index contributed by atoms with van der Waals surface area (Å²) in [5.41, 5.74) is 0.906. The number of ketones is 1. The Hall–Kier alpha value is -1.83. The van der Waals surface area contributed by atoms with Crippen molar-refractivity contribution in [3.05, 3.63) is 56.1 Å². The highest BCUT2D eigenvalue weighted by atomic mass is 35.5. The molecule has 0 bridgehead atoms. The van der Waals surface area contributed by atoms with Crippen molar-refractivity contribution < 1.29 is 22.7 Å². The topological polar surface area (TPSA) is 39.2 Å². The maximum atomic E-state index is 12.9. The molecule has 1 atom stereocenters. The molecule has 3 nitrogen and oxygen atoms in total. The number of alkyl halides is 3. The number of aryl methyl sites for hydroxylation is 1. The summed E-state index contributed by atoms with van der Waals surface area (Å²) in [7, 11) is 0. The van der Waals surface area contributed by atoms with Gasteiger partial charge < -0.3 is 4.74 Å². The number of Topliss-reactive ketones (excluding diaryl/α,β-unsaturated/α-hetero) is 1. The van der Waals surface area contributed by atoms with Gasteiger partial charge in [-0.2, -0.15) is 13.2 Å². The number of carbonyl (C=O) groups excluding carboxylic acids is 1.